The number of rotatable bonds is 11. The van der Waals surface area contributed by atoms with Crippen LogP contribution in [0.4, 0.5) is 40.8 Å². The first-order chi connectivity index (χ1) is 25.0. The van der Waals surface area contributed by atoms with Crippen molar-refractivity contribution in [3.05, 3.63) is 129 Å². The van der Waals surface area contributed by atoms with Crippen LogP contribution in [0.2, 0.25) is 0 Å². The van der Waals surface area contributed by atoms with Crippen molar-refractivity contribution < 1.29 is 58.2 Å². The zero-order valence-electron chi connectivity index (χ0n) is 29.3. The van der Waals surface area contributed by atoms with Crippen molar-refractivity contribution in [3.8, 4) is 0 Å². The van der Waals surface area contributed by atoms with Gasteiger partial charge in [-0.25, -0.2) is 35.2 Å². The Morgan fingerprint density at radius 2 is 1.48 bits per heavy atom. The number of carboxylic acids is 1. The lowest BCUT2D eigenvalue weighted by Crippen LogP contribution is -2.43. The summed E-state index contributed by atoms with van der Waals surface area (Å²) in [4.78, 5) is 24.6. The van der Waals surface area contributed by atoms with E-state index in [1.54, 1.807) is 12.1 Å². The molecule has 0 radical (unpaired) electrons. The highest BCUT2D eigenvalue weighted by atomic mass is 32.2. The molecule has 0 bridgehead atoms. The van der Waals surface area contributed by atoms with Gasteiger partial charge < -0.3 is 10.0 Å². The minimum absolute atomic E-state index is 0.0408. The predicted molar refractivity (Wildman–Crippen MR) is 182 cm³/mol. The number of alkyl halides is 3. The molecule has 1 saturated carbocycles. The van der Waals surface area contributed by atoms with Crippen molar-refractivity contribution in [2.75, 3.05) is 11.4 Å². The van der Waals surface area contributed by atoms with Crippen LogP contribution in [-0.4, -0.2) is 36.3 Å². The number of aromatic carboxylic acids is 1. The zero-order valence-corrected chi connectivity index (χ0v) is 30.1. The normalized spacial score (nSPS) is 13.7. The molecule has 288 valence electrons. The third kappa shape index (κ3) is 8.28. The molecule has 1 aliphatic rings. The van der Waals surface area contributed by atoms with Crippen molar-refractivity contribution in [1.82, 2.24) is 4.31 Å². The Morgan fingerprint density at radius 1 is 0.833 bits per heavy atom. The van der Waals surface area contributed by atoms with Gasteiger partial charge in [-0.05, 0) is 72.1 Å². The van der Waals surface area contributed by atoms with Gasteiger partial charge in [0, 0.05) is 17.7 Å². The number of carbonyl (C=O) groups is 2. The quantitative estimate of drug-likeness (QED) is 0.0932. The maximum absolute atomic E-state index is 15.4. The van der Waals surface area contributed by atoms with Crippen LogP contribution >= 0.6 is 0 Å². The summed E-state index contributed by atoms with van der Waals surface area (Å²) in [5.41, 5.74) is -3.51. The van der Waals surface area contributed by atoms with E-state index in [0.717, 1.165) is 42.2 Å². The van der Waals surface area contributed by atoms with Crippen LogP contribution in [0.25, 0.3) is 0 Å². The fourth-order valence-corrected chi connectivity index (χ4v) is 7.42. The van der Waals surface area contributed by atoms with Crippen molar-refractivity contribution >= 4 is 27.6 Å². The van der Waals surface area contributed by atoms with Crippen LogP contribution in [0.5, 0.6) is 0 Å². The van der Waals surface area contributed by atoms with Gasteiger partial charge in [-0.15, -0.1) is 0 Å². The number of nitrogens with zero attached hydrogens (tertiary/aromatic N) is 2. The highest BCUT2D eigenvalue weighted by Gasteiger charge is 2.41. The lowest BCUT2D eigenvalue weighted by atomic mass is 9.84. The molecule has 1 aliphatic carbocycles. The molecule has 0 atom stereocenters. The minimum Gasteiger partial charge on any atom is -0.478 e. The van der Waals surface area contributed by atoms with Crippen molar-refractivity contribution in [2.45, 2.75) is 76.0 Å². The summed E-state index contributed by atoms with van der Waals surface area (Å²) >= 11 is 0. The molecule has 0 spiro atoms. The Kier molecular flexibility index (Phi) is 11.0. The van der Waals surface area contributed by atoms with E-state index in [1.807, 2.05) is 26.8 Å². The van der Waals surface area contributed by atoms with Crippen LogP contribution in [0.3, 0.4) is 0 Å². The summed E-state index contributed by atoms with van der Waals surface area (Å²) in [5.74, 6) is -13.0. The molecule has 4 aromatic carbocycles. The van der Waals surface area contributed by atoms with Gasteiger partial charge in [0.1, 0.15) is 5.82 Å². The van der Waals surface area contributed by atoms with Gasteiger partial charge >= 0.3 is 12.1 Å². The SMILES string of the molecule is Cc1c(F)c(F)c(F)c(S(=O)(=O)N(CC(=O)N(Cc2cc(C3CC3)cc(C(C)(C)C)c2)c2ccc(C(=O)O)cc2C(F)(F)F)Cc2ccccc2F)c1F. The van der Waals surface area contributed by atoms with Gasteiger partial charge in [-0.2, -0.15) is 17.5 Å². The molecular formula is C38H34F8N2O5S. The van der Waals surface area contributed by atoms with Gasteiger partial charge in [0.25, 0.3) is 0 Å². The first-order valence-electron chi connectivity index (χ1n) is 16.5. The van der Waals surface area contributed by atoms with E-state index in [2.05, 4.69) is 0 Å². The van der Waals surface area contributed by atoms with E-state index in [9.17, 15) is 49.5 Å². The predicted octanol–water partition coefficient (Wildman–Crippen LogP) is 9.01. The highest BCUT2D eigenvalue weighted by molar-refractivity contribution is 7.89. The third-order valence-corrected chi connectivity index (χ3v) is 10.9. The summed E-state index contributed by atoms with van der Waals surface area (Å²) < 4.78 is 146. The van der Waals surface area contributed by atoms with Gasteiger partial charge in [-0.3, -0.25) is 4.79 Å². The first kappa shape index (κ1) is 40.4. The standard InChI is InChI=1S/C38H34F8N2O5S/c1-20-31(40)33(42)34(43)35(32(20)41)54(52,53)47(18-24-7-5-6-8-28(24)39)19-30(49)48(29-12-11-23(36(50)51)16-27(29)38(44,45)46)17-21-13-25(22-9-10-22)15-26(14-21)37(2,3)4/h5-8,11-16,22H,9-10,17-19H2,1-4H3,(H,50,51). The van der Waals surface area contributed by atoms with Gasteiger partial charge in [0.15, 0.2) is 28.2 Å². The lowest BCUT2D eigenvalue weighted by molar-refractivity contribution is -0.137. The Balaban J connectivity index is 1.71. The Labute approximate surface area is 305 Å². The number of hydrogen-bond donors (Lipinski definition) is 1. The first-order valence-corrected chi connectivity index (χ1v) is 17.9. The maximum Gasteiger partial charge on any atom is 0.418 e. The van der Waals surface area contributed by atoms with Gasteiger partial charge in [0.2, 0.25) is 15.9 Å². The monoisotopic (exact) mass is 782 g/mol. The molecule has 0 heterocycles. The summed E-state index contributed by atoms with van der Waals surface area (Å²) in [6, 6.07) is 11.5. The molecular weight excluding hydrogens is 748 g/mol. The van der Waals surface area contributed by atoms with E-state index in [1.165, 1.54) is 12.1 Å². The number of carbonyl (C=O) groups excluding carboxylic acids is 1. The van der Waals surface area contributed by atoms with E-state index < -0.39 is 115 Å². The van der Waals surface area contributed by atoms with Gasteiger partial charge in [0.05, 0.1) is 29.9 Å². The smallest absolute Gasteiger partial charge is 0.418 e. The minimum atomic E-state index is -5.75. The van der Waals surface area contributed by atoms with Crippen LogP contribution in [-0.2, 0) is 39.5 Å². The van der Waals surface area contributed by atoms with E-state index in [0.29, 0.717) is 29.5 Å². The second-order valence-corrected chi connectivity index (χ2v) is 16.0. The molecule has 0 aromatic heterocycles. The second kappa shape index (κ2) is 14.8. The molecule has 0 saturated heterocycles. The Morgan fingerprint density at radius 3 is 2.06 bits per heavy atom. The maximum atomic E-state index is 15.4. The number of hydrogen-bond acceptors (Lipinski definition) is 4. The molecule has 0 unspecified atom stereocenters. The highest BCUT2D eigenvalue weighted by Crippen LogP contribution is 2.43. The fourth-order valence-electron chi connectivity index (χ4n) is 5.87. The number of benzene rings is 4. The van der Waals surface area contributed by atoms with Crippen LogP contribution in [0.15, 0.2) is 65.6 Å². The molecule has 1 amide bonds. The third-order valence-electron chi connectivity index (χ3n) is 9.07. The molecule has 5 rings (SSSR count). The second-order valence-electron chi connectivity index (χ2n) is 14.1. The largest absolute Gasteiger partial charge is 0.478 e. The molecule has 1 N–H and O–H groups in total. The summed E-state index contributed by atoms with van der Waals surface area (Å²) in [6.07, 6.45) is -3.59. The van der Waals surface area contributed by atoms with Crippen LogP contribution in [0.1, 0.15) is 83.3 Å². The number of anilines is 1. The Bertz CT molecular complexity index is 2220. The number of carboxylic acid groups (broad SMARTS) is 1. The number of sulfonamides is 1. The molecule has 0 aliphatic heterocycles. The molecule has 16 heteroatoms. The fraction of sp³-hybridized carbons (Fsp3) is 0.316. The number of amides is 1. The molecule has 4 aromatic rings. The zero-order chi connectivity index (χ0) is 40.1. The molecule has 54 heavy (non-hydrogen) atoms. The topological polar surface area (TPSA) is 95.0 Å². The molecule has 1 fully saturated rings. The average molecular weight is 783 g/mol. The van der Waals surface area contributed by atoms with Crippen molar-refractivity contribution in [3.63, 3.8) is 0 Å². The summed E-state index contributed by atoms with van der Waals surface area (Å²) in [6.45, 7) is 3.02. The lowest BCUT2D eigenvalue weighted by Gasteiger charge is -2.30. The molecule has 7 nitrogen and oxygen atoms in total. The van der Waals surface area contributed by atoms with Gasteiger partial charge in [-0.1, -0.05) is 57.2 Å². The van der Waals surface area contributed by atoms with Crippen molar-refractivity contribution in [1.29, 1.82) is 0 Å². The summed E-state index contributed by atoms with van der Waals surface area (Å²) in [5, 5.41) is 9.46. The van der Waals surface area contributed by atoms with E-state index >= 15 is 8.78 Å². The van der Waals surface area contributed by atoms with Crippen LogP contribution < -0.4 is 4.90 Å². The van der Waals surface area contributed by atoms with E-state index in [-0.39, 0.29) is 10.2 Å². The average Bonchev–Trinajstić information content (AvgIpc) is 3.94. The summed E-state index contributed by atoms with van der Waals surface area (Å²) in [7, 11) is -5.75. The van der Waals surface area contributed by atoms with E-state index in [4.69, 9.17) is 0 Å². The number of halogens is 8. The van der Waals surface area contributed by atoms with Crippen molar-refractivity contribution in [2.24, 2.45) is 0 Å². The Hall–Kier alpha value is -4.83. The van der Waals surface area contributed by atoms with Crippen LogP contribution in [0, 0.1) is 36.0 Å².